The molecule has 0 nitrogen and oxygen atoms in total. The Morgan fingerprint density at radius 2 is 0.795 bits per heavy atom. The monoisotopic (exact) mass is 1220 g/mol. The van der Waals surface area contributed by atoms with E-state index in [1.54, 1.807) is 0 Å². The third-order valence-electron chi connectivity index (χ3n) is 17.9. The van der Waals surface area contributed by atoms with Crippen molar-refractivity contribution in [3.63, 3.8) is 0 Å². The zero-order chi connectivity index (χ0) is 55.5. The van der Waals surface area contributed by atoms with Crippen LogP contribution in [0.4, 0.5) is 0 Å². The van der Waals surface area contributed by atoms with Crippen molar-refractivity contribution in [2.75, 3.05) is 0 Å². The maximum absolute atomic E-state index is 9.93. The summed E-state index contributed by atoms with van der Waals surface area (Å²) in [6.07, 6.45) is 7.01. The Bertz CT molecular complexity index is 3510. The topological polar surface area (TPSA) is 0 Å². The van der Waals surface area contributed by atoms with Crippen LogP contribution in [0, 0.1) is 0 Å². The molecular formula is C70H79Cl2Si5Zr. The maximum atomic E-state index is 9.93. The minimum absolute atomic E-state index is 0.288. The van der Waals surface area contributed by atoms with Gasteiger partial charge in [0.25, 0.3) is 0 Å². The average Bonchev–Trinajstić information content (AvgIpc) is 4.32. The van der Waals surface area contributed by atoms with Crippen LogP contribution < -0.4 is 34.4 Å². The van der Waals surface area contributed by atoms with Crippen LogP contribution in [0.25, 0.3) is 56.7 Å². The molecule has 1 heterocycles. The molecule has 1 aliphatic heterocycles. The quantitative estimate of drug-likeness (QED) is 0.101. The van der Waals surface area contributed by atoms with Crippen molar-refractivity contribution >= 4 is 117 Å². The number of hydrogen-bond acceptors (Lipinski definition) is 0. The summed E-state index contributed by atoms with van der Waals surface area (Å²) in [7, 11) is 11.9. The molecule has 8 heteroatoms. The number of hydrogen-bond donors (Lipinski definition) is 0. The summed E-state index contributed by atoms with van der Waals surface area (Å²) >= 11 is -6.14. The molecule has 8 aromatic rings. The molecule has 0 spiro atoms. The third kappa shape index (κ3) is 9.48. The van der Waals surface area contributed by atoms with E-state index in [0.29, 0.717) is 0 Å². The summed E-state index contributed by atoms with van der Waals surface area (Å²) in [5.41, 5.74) is 20.9. The zero-order valence-corrected chi connectivity index (χ0v) is 58.2. The number of allylic oxidation sites excluding steroid dienone is 2. The molecule has 2 unspecified atom stereocenters. The summed E-state index contributed by atoms with van der Waals surface area (Å²) in [6.45, 7) is 34.8. The molecule has 0 amide bonds. The van der Waals surface area contributed by atoms with Crippen molar-refractivity contribution in [3.8, 4) is 33.4 Å². The molecule has 0 radical (unpaired) electrons. The number of aryl methyl sites for hydroxylation is 2. The van der Waals surface area contributed by atoms with E-state index in [2.05, 4.69) is 268 Å². The van der Waals surface area contributed by atoms with Gasteiger partial charge in [0.15, 0.2) is 0 Å². The molecule has 0 bridgehead atoms. The van der Waals surface area contributed by atoms with Gasteiger partial charge >= 0.3 is 487 Å². The molecule has 78 heavy (non-hydrogen) atoms. The minimum atomic E-state index is -6.14. The van der Waals surface area contributed by atoms with Crippen molar-refractivity contribution in [3.05, 3.63) is 208 Å². The Hall–Kier alpha value is -4.21. The molecule has 0 saturated heterocycles. The summed E-state index contributed by atoms with van der Waals surface area (Å²) < 4.78 is 0.678. The van der Waals surface area contributed by atoms with E-state index in [1.807, 2.05) is 0 Å². The Labute approximate surface area is 482 Å². The van der Waals surface area contributed by atoms with Crippen LogP contribution in [0.2, 0.25) is 78.6 Å². The van der Waals surface area contributed by atoms with E-state index in [0.717, 1.165) is 12.8 Å². The van der Waals surface area contributed by atoms with Crippen molar-refractivity contribution in [1.82, 2.24) is 0 Å². The van der Waals surface area contributed by atoms with Crippen LogP contribution in [0.3, 0.4) is 0 Å². The molecule has 0 N–H and O–H groups in total. The fourth-order valence-corrected chi connectivity index (χ4v) is 45.5. The van der Waals surface area contributed by atoms with E-state index >= 15 is 0 Å². The summed E-state index contributed by atoms with van der Waals surface area (Å²) in [4.78, 5) is 0. The Kier molecular flexibility index (Phi) is 14.3. The molecule has 2 aliphatic carbocycles. The molecule has 0 saturated carbocycles. The summed E-state index contributed by atoms with van der Waals surface area (Å²) in [5, 5.41) is 9.02. The van der Waals surface area contributed by atoms with E-state index in [1.165, 1.54) is 123 Å². The van der Waals surface area contributed by atoms with Gasteiger partial charge in [-0.05, 0) is 0 Å². The molecule has 2 atom stereocenters. The summed E-state index contributed by atoms with van der Waals surface area (Å²) in [6, 6.07) is 64.1. The number of rotatable bonds is 13. The van der Waals surface area contributed by atoms with Gasteiger partial charge in [-0.25, -0.2) is 0 Å². The second-order valence-electron chi connectivity index (χ2n) is 27.1. The molecule has 11 rings (SSSR count). The van der Waals surface area contributed by atoms with E-state index in [-0.39, 0.29) is 7.25 Å². The van der Waals surface area contributed by atoms with Gasteiger partial charge in [-0.2, -0.15) is 0 Å². The van der Waals surface area contributed by atoms with Gasteiger partial charge < -0.3 is 0 Å². The van der Waals surface area contributed by atoms with E-state index in [9.17, 15) is 17.0 Å². The first-order valence-corrected chi connectivity index (χ1v) is 54.6. The fourth-order valence-electron chi connectivity index (χ4n) is 13.5. The molecule has 397 valence electrons. The third-order valence-corrected chi connectivity index (χ3v) is 48.5. The SMILES string of the molecule is CCc1ccc2c(c1-c1cc([Si](C)(C)C)cc([Si](C)(C)C)c1)C=C(c1ccccc1)[CH]2[Zr]([Cl])([Cl])([c]1cccc2c1[SiH2]c1ccccc1-2)[CH]1C(c2ccccc2)=Cc2c1ccc(CC)c2-c1cc([Si](C)(C)C)cc([Si](C)(C)C)c1. The van der Waals surface area contributed by atoms with E-state index < -0.39 is 58.2 Å². The predicted octanol–water partition coefficient (Wildman–Crippen LogP) is 15.6. The first-order chi connectivity index (χ1) is 36.8. The second-order valence-corrected chi connectivity index (χ2v) is 69.9. The Morgan fingerprint density at radius 1 is 0.410 bits per heavy atom. The van der Waals surface area contributed by atoms with Crippen LogP contribution in [-0.2, 0) is 29.2 Å². The van der Waals surface area contributed by atoms with Crippen molar-refractivity contribution in [1.29, 1.82) is 0 Å². The number of halogens is 2. The van der Waals surface area contributed by atoms with Gasteiger partial charge in [0, 0.05) is 0 Å². The molecular weight excluding hydrogens is 1140 g/mol. The molecule has 0 aromatic heterocycles. The van der Waals surface area contributed by atoms with Gasteiger partial charge in [-0.15, -0.1) is 0 Å². The predicted molar refractivity (Wildman–Crippen MR) is 360 cm³/mol. The fraction of sp³-hybridized carbons (Fsp3) is 0.257. The normalized spacial score (nSPS) is 17.0. The van der Waals surface area contributed by atoms with Crippen LogP contribution in [0.1, 0.15) is 65.6 Å². The number of benzene rings is 8. The summed E-state index contributed by atoms with van der Waals surface area (Å²) in [5.74, 6) is 0. The molecule has 8 aromatic carbocycles. The van der Waals surface area contributed by atoms with Crippen molar-refractivity contribution < 1.29 is 16.4 Å². The van der Waals surface area contributed by atoms with Crippen molar-refractivity contribution in [2.45, 2.75) is 113 Å². The second kappa shape index (κ2) is 20.0. The zero-order valence-electron chi connectivity index (χ0n) is 48.8. The van der Waals surface area contributed by atoms with Gasteiger partial charge in [-0.3, -0.25) is 0 Å². The van der Waals surface area contributed by atoms with Gasteiger partial charge in [0.05, 0.1) is 0 Å². The van der Waals surface area contributed by atoms with Crippen LogP contribution in [0.15, 0.2) is 164 Å². The van der Waals surface area contributed by atoms with E-state index in [4.69, 9.17) is 0 Å². The first-order valence-electron chi connectivity index (χ1n) is 28.8. The van der Waals surface area contributed by atoms with Gasteiger partial charge in [0.1, 0.15) is 0 Å². The average molecular weight is 1220 g/mol. The van der Waals surface area contributed by atoms with Crippen molar-refractivity contribution in [2.24, 2.45) is 0 Å². The Morgan fingerprint density at radius 3 is 1.19 bits per heavy atom. The molecule has 0 fully saturated rings. The Balaban J connectivity index is 1.30. The standard InChI is InChI=1S/2C29H35Si2.C12H9Si.2ClH.Zr/c2*1-8-21-14-15-23-16-24(22-12-10-9-11-13-22)19-28(23)29(21)25-17-26(30(2,3)4)20-27(18-25)31(5,6)7;1-3-7-11-9(5-1)10-6-2-4-8-12(10)13-11;;;/h2*9-20H,8H2,1-7H3;1-7H,13H2;2*1H;/q;;;;;+2/p-2. The number of fused-ring (bicyclic) bond motifs is 5. The van der Waals surface area contributed by atoms with Crippen LogP contribution >= 0.6 is 17.0 Å². The molecule has 3 aliphatic rings. The van der Waals surface area contributed by atoms with Gasteiger partial charge in [-0.1, -0.05) is 0 Å². The van der Waals surface area contributed by atoms with Crippen LogP contribution in [0.5, 0.6) is 0 Å². The first kappa shape index (κ1) is 55.7. The van der Waals surface area contributed by atoms with Gasteiger partial charge in [0.2, 0.25) is 0 Å². The van der Waals surface area contributed by atoms with Crippen LogP contribution in [-0.4, -0.2) is 41.8 Å².